The highest BCUT2D eigenvalue weighted by Crippen LogP contribution is 2.37. The monoisotopic (exact) mass is 494 g/mol. The van der Waals surface area contributed by atoms with Crippen molar-refractivity contribution in [3.8, 4) is 5.69 Å². The maximum Gasteiger partial charge on any atom is 0.416 e. The summed E-state index contributed by atoms with van der Waals surface area (Å²) in [7, 11) is 0. The first-order valence-corrected chi connectivity index (χ1v) is 11.3. The summed E-state index contributed by atoms with van der Waals surface area (Å²) in [6, 6.07) is 8.96. The molecule has 0 radical (unpaired) electrons. The van der Waals surface area contributed by atoms with E-state index in [1.807, 2.05) is 4.57 Å². The third-order valence-electron chi connectivity index (χ3n) is 5.32. The number of hydrogen-bond acceptors (Lipinski definition) is 4. The van der Waals surface area contributed by atoms with Crippen LogP contribution in [0.25, 0.3) is 16.9 Å². The van der Waals surface area contributed by atoms with E-state index in [-0.39, 0.29) is 28.0 Å². The van der Waals surface area contributed by atoms with Crippen LogP contribution in [0.15, 0.2) is 58.7 Å². The molecule has 11 heteroatoms. The van der Waals surface area contributed by atoms with Gasteiger partial charge in [-0.2, -0.15) is 13.2 Å². The normalized spacial score (nSPS) is 14.2. The molecule has 1 fully saturated rings. The topological polar surface area (TPSA) is 52.7 Å². The summed E-state index contributed by atoms with van der Waals surface area (Å²) >= 11 is 6.95. The second-order valence-corrected chi connectivity index (χ2v) is 9.04. The molecule has 0 aliphatic heterocycles. The van der Waals surface area contributed by atoms with Crippen LogP contribution in [-0.2, 0) is 11.9 Å². The predicted octanol–water partition coefficient (Wildman–Crippen LogP) is 6.02. The van der Waals surface area contributed by atoms with E-state index in [4.69, 9.17) is 11.6 Å². The van der Waals surface area contributed by atoms with Gasteiger partial charge in [-0.3, -0.25) is 9.36 Å². The molecule has 170 valence electrons. The molecule has 1 aliphatic rings. The Morgan fingerprint density at radius 3 is 2.52 bits per heavy atom. The lowest BCUT2D eigenvalue weighted by molar-refractivity contribution is -0.137. The quantitative estimate of drug-likeness (QED) is 0.193. The van der Waals surface area contributed by atoms with Gasteiger partial charge in [0.1, 0.15) is 5.82 Å². The highest BCUT2D eigenvalue weighted by Gasteiger charge is 2.31. The number of fused-ring (bicyclic) bond motifs is 1. The molecule has 0 spiro atoms. The number of thioether (sulfide) groups is 1. The molecule has 0 amide bonds. The predicted molar refractivity (Wildman–Crippen MR) is 117 cm³/mol. The zero-order valence-corrected chi connectivity index (χ0v) is 18.4. The van der Waals surface area contributed by atoms with Gasteiger partial charge < -0.3 is 4.57 Å². The highest BCUT2D eigenvalue weighted by atomic mass is 35.5. The smallest absolute Gasteiger partial charge is 0.312 e. The first-order chi connectivity index (χ1) is 15.7. The molecule has 4 aromatic rings. The number of hydrogen-bond donors (Lipinski definition) is 0. The van der Waals surface area contributed by atoms with Gasteiger partial charge in [0.15, 0.2) is 16.3 Å². The summed E-state index contributed by atoms with van der Waals surface area (Å²) in [5, 5.41) is 0.688. The molecule has 2 heterocycles. The standard InChI is InChI=1S/C22H15ClF4N4OS/c23-14-2-4-16(5-3-14)31-20(32)18-19(30(11-28-18)15-6-7-15)29-21(31)33-10-12-9-13(22(25,26)27)1-8-17(12)24/h1-5,8-9,11,15H,6-7,10H2. The minimum atomic E-state index is -4.59. The number of benzene rings is 2. The Hall–Kier alpha value is -2.85. The van der Waals surface area contributed by atoms with Crippen LogP contribution in [-0.4, -0.2) is 19.1 Å². The molecule has 33 heavy (non-hydrogen) atoms. The molecule has 0 unspecified atom stereocenters. The molecule has 1 aliphatic carbocycles. The van der Waals surface area contributed by atoms with Crippen molar-refractivity contribution >= 4 is 34.5 Å². The fourth-order valence-corrected chi connectivity index (χ4v) is 4.59. The molecular weight excluding hydrogens is 480 g/mol. The SMILES string of the molecule is O=c1c2ncn(C3CC3)c2nc(SCc2cc(C(F)(F)F)ccc2F)n1-c1ccc(Cl)cc1. The summed E-state index contributed by atoms with van der Waals surface area (Å²) < 4.78 is 56.7. The van der Waals surface area contributed by atoms with E-state index in [1.165, 1.54) is 4.57 Å². The molecule has 5 nitrogen and oxygen atoms in total. The van der Waals surface area contributed by atoms with Crippen molar-refractivity contribution in [3.05, 3.63) is 81.1 Å². The fourth-order valence-electron chi connectivity index (χ4n) is 3.49. The Bertz CT molecular complexity index is 1410. The first-order valence-electron chi connectivity index (χ1n) is 9.96. The number of nitrogens with zero attached hydrogens (tertiary/aromatic N) is 4. The van der Waals surface area contributed by atoms with E-state index in [9.17, 15) is 22.4 Å². The van der Waals surface area contributed by atoms with Crippen molar-refractivity contribution in [1.82, 2.24) is 19.1 Å². The van der Waals surface area contributed by atoms with Crippen LogP contribution in [0.4, 0.5) is 17.6 Å². The zero-order chi connectivity index (χ0) is 23.3. The van der Waals surface area contributed by atoms with Crippen LogP contribution in [0.2, 0.25) is 5.02 Å². The van der Waals surface area contributed by atoms with E-state index >= 15 is 0 Å². The molecule has 0 N–H and O–H groups in total. The van der Waals surface area contributed by atoms with Gasteiger partial charge in [-0.25, -0.2) is 14.4 Å². The summed E-state index contributed by atoms with van der Waals surface area (Å²) in [5.41, 5.74) is -0.445. The van der Waals surface area contributed by atoms with E-state index in [0.29, 0.717) is 22.4 Å². The average Bonchev–Trinajstić information content (AvgIpc) is 3.52. The van der Waals surface area contributed by atoms with Crippen molar-refractivity contribution < 1.29 is 17.6 Å². The minimum absolute atomic E-state index is 0.137. The number of alkyl halides is 3. The zero-order valence-electron chi connectivity index (χ0n) is 16.8. The van der Waals surface area contributed by atoms with Crippen molar-refractivity contribution in [2.24, 2.45) is 0 Å². The first kappa shape index (κ1) is 22.0. The van der Waals surface area contributed by atoms with Gasteiger partial charge in [-0.1, -0.05) is 23.4 Å². The molecule has 1 saturated carbocycles. The van der Waals surface area contributed by atoms with Gasteiger partial charge in [0.2, 0.25) is 0 Å². The third kappa shape index (κ3) is 4.24. The van der Waals surface area contributed by atoms with Gasteiger partial charge >= 0.3 is 6.18 Å². The summed E-state index contributed by atoms with van der Waals surface area (Å²) in [6.45, 7) is 0. The molecular formula is C22H15ClF4N4OS. The van der Waals surface area contributed by atoms with Crippen molar-refractivity contribution in [2.75, 3.05) is 0 Å². The van der Waals surface area contributed by atoms with Gasteiger partial charge in [0.05, 0.1) is 17.6 Å². The summed E-state index contributed by atoms with van der Waals surface area (Å²) in [6.07, 6.45) is -1.12. The van der Waals surface area contributed by atoms with Gasteiger partial charge in [0.25, 0.3) is 5.56 Å². The largest absolute Gasteiger partial charge is 0.416 e. The Balaban J connectivity index is 1.60. The van der Waals surface area contributed by atoms with Crippen LogP contribution >= 0.6 is 23.4 Å². The Morgan fingerprint density at radius 2 is 1.85 bits per heavy atom. The van der Waals surface area contributed by atoms with E-state index in [0.717, 1.165) is 36.7 Å². The molecule has 0 saturated heterocycles. The number of rotatable bonds is 5. The second-order valence-electron chi connectivity index (χ2n) is 7.66. The molecule has 2 aromatic heterocycles. The maximum atomic E-state index is 14.3. The molecule has 0 atom stereocenters. The molecule has 2 aromatic carbocycles. The van der Waals surface area contributed by atoms with Gasteiger partial charge in [-0.05, 0) is 60.9 Å². The van der Waals surface area contributed by atoms with Crippen LogP contribution in [0.3, 0.4) is 0 Å². The lowest BCUT2D eigenvalue weighted by Crippen LogP contribution is -2.22. The molecule has 5 rings (SSSR count). The summed E-state index contributed by atoms with van der Waals surface area (Å²) in [5.74, 6) is -0.918. The lowest BCUT2D eigenvalue weighted by Gasteiger charge is -2.14. The Labute approximate surface area is 194 Å². The van der Waals surface area contributed by atoms with Crippen molar-refractivity contribution in [3.63, 3.8) is 0 Å². The van der Waals surface area contributed by atoms with E-state index in [1.54, 1.807) is 30.6 Å². The fraction of sp³-hybridized carbons (Fsp3) is 0.227. The Morgan fingerprint density at radius 1 is 1.12 bits per heavy atom. The second kappa shape index (κ2) is 8.18. The average molecular weight is 495 g/mol. The minimum Gasteiger partial charge on any atom is -0.312 e. The third-order valence-corrected chi connectivity index (χ3v) is 6.56. The van der Waals surface area contributed by atoms with E-state index < -0.39 is 23.1 Å². The van der Waals surface area contributed by atoms with Gasteiger partial charge in [0, 0.05) is 16.8 Å². The van der Waals surface area contributed by atoms with Crippen LogP contribution < -0.4 is 5.56 Å². The number of halogens is 5. The summed E-state index contributed by atoms with van der Waals surface area (Å²) in [4.78, 5) is 22.2. The Kier molecular flexibility index (Phi) is 5.44. The highest BCUT2D eigenvalue weighted by molar-refractivity contribution is 7.98. The van der Waals surface area contributed by atoms with Crippen LogP contribution in [0.1, 0.15) is 30.0 Å². The number of imidazole rings is 1. The lowest BCUT2D eigenvalue weighted by atomic mass is 10.1. The molecule has 0 bridgehead atoms. The number of aromatic nitrogens is 4. The maximum absolute atomic E-state index is 14.3. The van der Waals surface area contributed by atoms with Crippen LogP contribution in [0, 0.1) is 5.82 Å². The van der Waals surface area contributed by atoms with Crippen molar-refractivity contribution in [1.29, 1.82) is 0 Å². The van der Waals surface area contributed by atoms with Crippen molar-refractivity contribution in [2.45, 2.75) is 36.0 Å². The van der Waals surface area contributed by atoms with Gasteiger partial charge in [-0.15, -0.1) is 0 Å². The van der Waals surface area contributed by atoms with Crippen LogP contribution in [0.5, 0.6) is 0 Å². The van der Waals surface area contributed by atoms with E-state index in [2.05, 4.69) is 9.97 Å².